The first kappa shape index (κ1) is 12.4. The summed E-state index contributed by atoms with van der Waals surface area (Å²) in [4.78, 5) is 9.76. The van der Waals surface area contributed by atoms with E-state index < -0.39 is 0 Å². The summed E-state index contributed by atoms with van der Waals surface area (Å²) in [5.41, 5.74) is 0. The Morgan fingerprint density at radius 3 is 2.67 bits per heavy atom. The van der Waals surface area contributed by atoms with Gasteiger partial charge < -0.3 is 14.2 Å². The first-order valence-corrected chi connectivity index (χ1v) is 3.64. The molecule has 0 atom stereocenters. The van der Waals surface area contributed by atoms with Crippen molar-refractivity contribution in [2.45, 2.75) is 6.42 Å². The van der Waals surface area contributed by atoms with Crippen molar-refractivity contribution in [2.24, 2.45) is 5.92 Å². The molecule has 1 aliphatic rings. The molecule has 1 saturated heterocycles. The smallest absolute Gasteiger partial charge is 0.293 e. The van der Waals surface area contributed by atoms with Gasteiger partial charge in [0.25, 0.3) is 6.47 Å². The van der Waals surface area contributed by atoms with Gasteiger partial charge in [-0.2, -0.15) is 0 Å². The Balaban J connectivity index is 0.00000121. The van der Waals surface area contributed by atoms with Crippen LogP contribution in [0.3, 0.4) is 0 Å². The fraction of sp³-hybridized carbons (Fsp3) is 0.857. The maximum Gasteiger partial charge on any atom is 0.293 e. The zero-order valence-corrected chi connectivity index (χ0v) is 9.32. The molecule has 0 aromatic carbocycles. The molecule has 1 aliphatic heterocycles. The SMILES string of the molecule is O=COCCC1COCOC1.[Na]. The van der Waals surface area contributed by atoms with Gasteiger partial charge in [-0.1, -0.05) is 0 Å². The standard InChI is InChI=1S/C7H12O4.Na/c8-5-9-2-1-7-3-10-6-11-4-7;/h5,7H,1-4,6H2;. The Labute approximate surface area is 93.8 Å². The Morgan fingerprint density at radius 1 is 1.42 bits per heavy atom. The molecule has 0 aromatic rings. The molecule has 1 heterocycles. The fourth-order valence-corrected chi connectivity index (χ4v) is 0.986. The minimum absolute atomic E-state index is 0. The summed E-state index contributed by atoms with van der Waals surface area (Å²) in [5, 5.41) is 0. The van der Waals surface area contributed by atoms with Crippen LogP contribution in [-0.4, -0.2) is 62.6 Å². The predicted octanol–water partition coefficient (Wildman–Crippen LogP) is -0.211. The van der Waals surface area contributed by atoms with Gasteiger partial charge in [-0.25, -0.2) is 0 Å². The molecule has 0 spiro atoms. The summed E-state index contributed by atoms with van der Waals surface area (Å²) in [6.45, 7) is 2.74. The maximum atomic E-state index is 9.76. The minimum Gasteiger partial charge on any atom is -0.468 e. The van der Waals surface area contributed by atoms with E-state index in [1.807, 2.05) is 0 Å². The van der Waals surface area contributed by atoms with Gasteiger partial charge in [-0.3, -0.25) is 4.79 Å². The molecule has 4 nitrogen and oxygen atoms in total. The Bertz CT molecular complexity index is 114. The molecule has 12 heavy (non-hydrogen) atoms. The molecule has 0 unspecified atom stereocenters. The van der Waals surface area contributed by atoms with Gasteiger partial charge in [0.15, 0.2) is 0 Å². The van der Waals surface area contributed by atoms with Crippen molar-refractivity contribution in [1.82, 2.24) is 0 Å². The second-order valence-corrected chi connectivity index (χ2v) is 2.48. The van der Waals surface area contributed by atoms with Crippen LogP contribution in [0.5, 0.6) is 0 Å². The third kappa shape index (κ3) is 5.11. The van der Waals surface area contributed by atoms with Crippen LogP contribution in [0.1, 0.15) is 6.42 Å². The van der Waals surface area contributed by atoms with Crippen LogP contribution in [0.25, 0.3) is 0 Å². The van der Waals surface area contributed by atoms with Crippen LogP contribution < -0.4 is 0 Å². The van der Waals surface area contributed by atoms with Crippen LogP contribution in [0, 0.1) is 5.92 Å². The molecular formula is C7H12NaO4. The van der Waals surface area contributed by atoms with E-state index in [2.05, 4.69) is 4.74 Å². The number of carbonyl (C=O) groups is 1. The molecule has 0 N–H and O–H groups in total. The van der Waals surface area contributed by atoms with Crippen LogP contribution in [0.4, 0.5) is 0 Å². The molecule has 1 fully saturated rings. The largest absolute Gasteiger partial charge is 0.468 e. The minimum atomic E-state index is 0. The first-order chi connectivity index (χ1) is 5.43. The van der Waals surface area contributed by atoms with E-state index >= 15 is 0 Å². The third-order valence-corrected chi connectivity index (χ3v) is 1.59. The van der Waals surface area contributed by atoms with Crippen molar-refractivity contribution in [3.63, 3.8) is 0 Å². The van der Waals surface area contributed by atoms with Gasteiger partial charge in [-0.15, -0.1) is 0 Å². The first-order valence-electron chi connectivity index (χ1n) is 3.64. The van der Waals surface area contributed by atoms with Crippen LogP contribution in [0.15, 0.2) is 0 Å². The number of hydrogen-bond donors (Lipinski definition) is 0. The topological polar surface area (TPSA) is 44.8 Å². The zero-order valence-electron chi connectivity index (χ0n) is 7.32. The van der Waals surface area contributed by atoms with Crippen LogP contribution in [-0.2, 0) is 19.0 Å². The van der Waals surface area contributed by atoms with E-state index in [9.17, 15) is 4.79 Å². The maximum absolute atomic E-state index is 9.76. The predicted molar refractivity (Wildman–Crippen MR) is 42.6 cm³/mol. The molecule has 65 valence electrons. The van der Waals surface area contributed by atoms with Gasteiger partial charge in [0.05, 0.1) is 19.8 Å². The van der Waals surface area contributed by atoms with Gasteiger partial charge in [-0.05, 0) is 6.42 Å². The van der Waals surface area contributed by atoms with E-state index in [4.69, 9.17) is 9.47 Å². The summed E-state index contributed by atoms with van der Waals surface area (Å²) in [6.07, 6.45) is 0.818. The van der Waals surface area contributed by atoms with Crippen molar-refractivity contribution in [3.05, 3.63) is 0 Å². The zero-order chi connectivity index (χ0) is 7.94. The quantitative estimate of drug-likeness (QED) is 0.343. The summed E-state index contributed by atoms with van der Waals surface area (Å²) >= 11 is 0. The summed E-state index contributed by atoms with van der Waals surface area (Å²) in [5.74, 6) is 0.378. The Kier molecular flexibility index (Phi) is 8.27. The van der Waals surface area contributed by atoms with Crippen molar-refractivity contribution >= 4 is 36.0 Å². The van der Waals surface area contributed by atoms with Gasteiger partial charge in [0.2, 0.25) is 0 Å². The molecular weight excluding hydrogens is 171 g/mol. The van der Waals surface area contributed by atoms with Crippen molar-refractivity contribution < 1.29 is 19.0 Å². The number of hydrogen-bond acceptors (Lipinski definition) is 4. The normalized spacial score (nSPS) is 18.0. The van der Waals surface area contributed by atoms with E-state index in [0.717, 1.165) is 6.42 Å². The van der Waals surface area contributed by atoms with Gasteiger partial charge in [0.1, 0.15) is 6.79 Å². The summed E-state index contributed by atoms with van der Waals surface area (Å²) in [7, 11) is 0. The molecule has 0 bridgehead atoms. The number of rotatable bonds is 4. The average Bonchev–Trinajstić information content (AvgIpc) is 2.07. The molecule has 1 radical (unpaired) electrons. The number of carbonyl (C=O) groups excluding carboxylic acids is 1. The van der Waals surface area contributed by atoms with E-state index in [0.29, 0.717) is 39.0 Å². The van der Waals surface area contributed by atoms with E-state index in [-0.39, 0.29) is 29.6 Å². The Morgan fingerprint density at radius 2 is 2.08 bits per heavy atom. The van der Waals surface area contributed by atoms with Crippen molar-refractivity contribution in [3.8, 4) is 0 Å². The molecule has 5 heteroatoms. The second-order valence-electron chi connectivity index (χ2n) is 2.48. The molecule has 0 amide bonds. The molecule has 0 saturated carbocycles. The van der Waals surface area contributed by atoms with Gasteiger partial charge >= 0.3 is 0 Å². The van der Waals surface area contributed by atoms with Crippen LogP contribution in [0.2, 0.25) is 0 Å². The summed E-state index contributed by atoms with van der Waals surface area (Å²) in [6, 6.07) is 0. The third-order valence-electron chi connectivity index (χ3n) is 1.59. The van der Waals surface area contributed by atoms with E-state index in [1.54, 1.807) is 0 Å². The van der Waals surface area contributed by atoms with Crippen molar-refractivity contribution in [1.29, 1.82) is 0 Å². The Hall–Kier alpha value is 0.390. The van der Waals surface area contributed by atoms with Gasteiger partial charge in [0, 0.05) is 35.5 Å². The van der Waals surface area contributed by atoms with Crippen LogP contribution >= 0.6 is 0 Å². The monoisotopic (exact) mass is 183 g/mol. The molecule has 0 aromatic heterocycles. The van der Waals surface area contributed by atoms with E-state index in [1.165, 1.54) is 0 Å². The average molecular weight is 183 g/mol. The molecule has 1 rings (SSSR count). The number of ether oxygens (including phenoxy) is 3. The second kappa shape index (κ2) is 8.01. The summed E-state index contributed by atoms with van der Waals surface area (Å²) < 4.78 is 14.6. The molecule has 0 aliphatic carbocycles. The fourth-order valence-electron chi connectivity index (χ4n) is 0.986. The van der Waals surface area contributed by atoms with Crippen molar-refractivity contribution in [2.75, 3.05) is 26.6 Å².